The molecule has 14 heavy (non-hydrogen) atoms. The minimum Gasteiger partial charge on any atom is -0.333 e. The van der Waals surface area contributed by atoms with Crippen LogP contribution in [0.1, 0.15) is 6.92 Å². The van der Waals surface area contributed by atoms with Crippen molar-refractivity contribution in [2.24, 2.45) is 0 Å². The van der Waals surface area contributed by atoms with E-state index in [9.17, 15) is 13.3 Å². The molecule has 0 bridgehead atoms. The molecular formula is C6H14NO4PS2. The highest BCUT2D eigenvalue weighted by molar-refractivity contribution is 8.13. The Morgan fingerprint density at radius 2 is 2.21 bits per heavy atom. The van der Waals surface area contributed by atoms with E-state index in [-0.39, 0.29) is 13.2 Å². The molecule has 0 aliphatic heterocycles. The molecule has 0 aliphatic carbocycles. The second-order valence-electron chi connectivity index (χ2n) is 2.46. The van der Waals surface area contributed by atoms with E-state index in [1.54, 1.807) is 6.92 Å². The Hall–Kier alpha value is 0.220. The molecule has 0 saturated heterocycles. The Kier molecular flexibility index (Phi) is 5.43. The first-order valence-electron chi connectivity index (χ1n) is 3.82. The lowest BCUT2D eigenvalue weighted by atomic mass is 10.7. The summed E-state index contributed by atoms with van der Waals surface area (Å²) in [7, 11) is -3.57. The number of nitrogens with zero attached hydrogens (tertiary/aromatic N) is 1. The summed E-state index contributed by atoms with van der Waals surface area (Å²) in [5.41, 5.74) is 0. The summed E-state index contributed by atoms with van der Waals surface area (Å²) in [4.78, 5) is 9.64. The quantitative estimate of drug-likeness (QED) is 0.561. The Balaban J connectivity index is 5.02. The molecule has 0 amide bonds. The fraction of sp³-hybridized carbons (Fsp3) is 0.667. The average Bonchev–Trinajstić information content (AvgIpc) is 1.97. The molecule has 8 heteroatoms. The molecule has 84 valence electrons. The topological polar surface area (TPSA) is 66.8 Å². The molecule has 0 rings (SSSR count). The van der Waals surface area contributed by atoms with E-state index in [0.29, 0.717) is 0 Å². The van der Waals surface area contributed by atoms with E-state index in [2.05, 4.69) is 6.58 Å². The Labute approximate surface area is 89.7 Å². The third kappa shape index (κ3) is 4.16. The Morgan fingerprint density at radius 3 is 2.50 bits per heavy atom. The lowest BCUT2D eigenvalue weighted by molar-refractivity contribution is 0.299. The van der Waals surface area contributed by atoms with Crippen molar-refractivity contribution in [3.63, 3.8) is 0 Å². The lowest BCUT2D eigenvalue weighted by Gasteiger charge is -2.26. The van der Waals surface area contributed by atoms with Crippen LogP contribution in [0.15, 0.2) is 12.7 Å². The molecule has 0 aromatic rings. The van der Waals surface area contributed by atoms with Crippen LogP contribution in [0.25, 0.3) is 0 Å². The molecule has 0 aromatic heterocycles. The first kappa shape index (κ1) is 14.2. The van der Waals surface area contributed by atoms with Gasteiger partial charge in [0.25, 0.3) is 6.64 Å². The van der Waals surface area contributed by atoms with Crippen LogP contribution in [0, 0.1) is 0 Å². The van der Waals surface area contributed by atoms with Crippen LogP contribution in [-0.2, 0) is 26.4 Å². The van der Waals surface area contributed by atoms with Gasteiger partial charge in [0.2, 0.25) is 10.0 Å². The third-order valence-corrected chi connectivity index (χ3v) is 6.26. The van der Waals surface area contributed by atoms with Crippen molar-refractivity contribution in [2.45, 2.75) is 6.92 Å². The van der Waals surface area contributed by atoms with Gasteiger partial charge in [0.1, 0.15) is 0 Å². The second kappa shape index (κ2) is 5.34. The molecule has 1 N–H and O–H groups in total. The predicted octanol–water partition coefficient (Wildman–Crippen LogP) is 0.687. The molecule has 0 aliphatic rings. The van der Waals surface area contributed by atoms with Crippen molar-refractivity contribution < 1.29 is 17.8 Å². The van der Waals surface area contributed by atoms with Crippen molar-refractivity contribution in [3.05, 3.63) is 12.7 Å². The predicted molar refractivity (Wildman–Crippen MR) is 59.9 cm³/mol. The van der Waals surface area contributed by atoms with E-state index in [1.807, 2.05) is 0 Å². The van der Waals surface area contributed by atoms with Crippen LogP contribution in [0.3, 0.4) is 0 Å². The van der Waals surface area contributed by atoms with Crippen molar-refractivity contribution in [2.75, 3.05) is 19.4 Å². The first-order valence-corrected chi connectivity index (χ1v) is 8.29. The zero-order valence-electron chi connectivity index (χ0n) is 8.08. The van der Waals surface area contributed by atoms with Gasteiger partial charge in [-0.05, 0) is 18.7 Å². The Morgan fingerprint density at radius 1 is 1.71 bits per heavy atom. The lowest BCUT2D eigenvalue weighted by Crippen LogP contribution is -2.27. The fourth-order valence-electron chi connectivity index (χ4n) is 0.769. The van der Waals surface area contributed by atoms with E-state index in [1.165, 1.54) is 6.08 Å². The molecule has 0 aromatic carbocycles. The molecular weight excluding hydrogens is 245 g/mol. The summed E-state index contributed by atoms with van der Waals surface area (Å²) in [5, 5.41) is 0. The van der Waals surface area contributed by atoms with E-state index >= 15 is 0 Å². The summed E-state index contributed by atoms with van der Waals surface area (Å²) in [5.74, 6) is 0. The Bertz CT molecular complexity index is 340. The van der Waals surface area contributed by atoms with Gasteiger partial charge in [-0.15, -0.1) is 10.7 Å². The van der Waals surface area contributed by atoms with Crippen LogP contribution in [0.5, 0.6) is 0 Å². The molecule has 0 heterocycles. The number of hydrogen-bond acceptors (Lipinski definition) is 4. The summed E-state index contributed by atoms with van der Waals surface area (Å²) in [6.07, 6.45) is 2.31. The molecule has 1 atom stereocenters. The fourth-order valence-corrected chi connectivity index (χ4v) is 5.18. The largest absolute Gasteiger partial charge is 0.333 e. The molecule has 1 unspecified atom stereocenters. The highest BCUT2D eigenvalue weighted by Crippen LogP contribution is 2.48. The van der Waals surface area contributed by atoms with Gasteiger partial charge in [-0.25, -0.2) is 8.42 Å². The van der Waals surface area contributed by atoms with Crippen molar-refractivity contribution >= 4 is 28.5 Å². The van der Waals surface area contributed by atoms with Crippen molar-refractivity contribution in [1.82, 2.24) is 4.08 Å². The van der Waals surface area contributed by atoms with E-state index < -0.39 is 16.7 Å². The van der Waals surface area contributed by atoms with Gasteiger partial charge in [-0.1, -0.05) is 6.08 Å². The van der Waals surface area contributed by atoms with Gasteiger partial charge in [-0.3, -0.25) is 0 Å². The SMILES string of the molecule is C=CCN(P(O)(=S)OCC)S(C)(=O)=O. The summed E-state index contributed by atoms with van der Waals surface area (Å²) >= 11 is 4.72. The first-order chi connectivity index (χ1) is 6.25. The van der Waals surface area contributed by atoms with Gasteiger partial charge in [-0.2, -0.15) is 0 Å². The summed E-state index contributed by atoms with van der Waals surface area (Å²) < 4.78 is 28.1. The van der Waals surface area contributed by atoms with Crippen LogP contribution >= 0.6 is 6.64 Å². The van der Waals surface area contributed by atoms with Gasteiger partial charge in [0.15, 0.2) is 0 Å². The van der Waals surface area contributed by atoms with Crippen LogP contribution < -0.4 is 0 Å². The molecule has 0 spiro atoms. The maximum atomic E-state index is 11.2. The van der Waals surface area contributed by atoms with Crippen LogP contribution in [-0.4, -0.2) is 36.8 Å². The zero-order valence-corrected chi connectivity index (χ0v) is 10.6. The van der Waals surface area contributed by atoms with Crippen molar-refractivity contribution in [3.8, 4) is 0 Å². The standard InChI is InChI=1S/C6H14NO4PS2/c1-4-6-7(14(3,9)10)12(8,13)11-5-2/h4H,1,5-6H2,2-3H3,(H,8,13). The number of sulfonamides is 1. The summed E-state index contributed by atoms with van der Waals surface area (Å²) in [6, 6.07) is 0. The second-order valence-corrected chi connectivity index (χ2v) is 7.79. The third-order valence-electron chi connectivity index (χ3n) is 1.25. The molecule has 0 fully saturated rings. The van der Waals surface area contributed by atoms with Gasteiger partial charge in [0, 0.05) is 6.54 Å². The minimum atomic E-state index is -3.57. The minimum absolute atomic E-state index is 0.0490. The number of hydrogen-bond donors (Lipinski definition) is 1. The van der Waals surface area contributed by atoms with E-state index in [4.69, 9.17) is 16.3 Å². The normalized spacial score (nSPS) is 16.6. The van der Waals surface area contributed by atoms with Gasteiger partial charge in [0.05, 0.1) is 12.9 Å². The smallest absolute Gasteiger partial charge is 0.275 e. The maximum Gasteiger partial charge on any atom is 0.275 e. The van der Waals surface area contributed by atoms with Gasteiger partial charge >= 0.3 is 0 Å². The van der Waals surface area contributed by atoms with Gasteiger partial charge < -0.3 is 9.42 Å². The monoisotopic (exact) mass is 259 g/mol. The molecule has 5 nitrogen and oxygen atoms in total. The maximum absolute atomic E-state index is 11.2. The van der Waals surface area contributed by atoms with Crippen molar-refractivity contribution in [1.29, 1.82) is 0 Å². The molecule has 0 saturated carbocycles. The number of rotatable bonds is 6. The zero-order chi connectivity index (χ0) is 11.4. The van der Waals surface area contributed by atoms with E-state index in [0.717, 1.165) is 10.3 Å². The highest BCUT2D eigenvalue weighted by atomic mass is 32.5. The highest BCUT2D eigenvalue weighted by Gasteiger charge is 2.31. The van der Waals surface area contributed by atoms with Crippen LogP contribution in [0.4, 0.5) is 0 Å². The molecule has 0 radical (unpaired) electrons. The average molecular weight is 259 g/mol. The van der Waals surface area contributed by atoms with Crippen LogP contribution in [0.2, 0.25) is 0 Å². The summed E-state index contributed by atoms with van der Waals surface area (Å²) in [6.45, 7) is 1.70.